The Morgan fingerprint density at radius 1 is 1.26 bits per heavy atom. The van der Waals surface area contributed by atoms with E-state index in [1.54, 1.807) is 12.1 Å². The van der Waals surface area contributed by atoms with Gasteiger partial charge in [0.15, 0.2) is 9.84 Å². The number of hydrogen-bond donors (Lipinski definition) is 1. The highest BCUT2D eigenvalue weighted by molar-refractivity contribution is 7.97. The second-order valence-corrected chi connectivity index (χ2v) is 5.37. The van der Waals surface area contributed by atoms with E-state index in [1.165, 1.54) is 24.4 Å². The molecule has 0 saturated heterocycles. The molecule has 0 fully saturated rings. The smallest absolute Gasteiger partial charge is 0.269 e. The van der Waals surface area contributed by atoms with Crippen LogP contribution in [0.1, 0.15) is 5.56 Å². The molecule has 1 aromatic rings. The van der Waals surface area contributed by atoms with E-state index in [2.05, 4.69) is 10.5 Å². The van der Waals surface area contributed by atoms with E-state index in [1.807, 2.05) is 0 Å². The van der Waals surface area contributed by atoms with Crippen LogP contribution in [0.2, 0.25) is 0 Å². The molecule has 8 heteroatoms. The van der Waals surface area contributed by atoms with Crippen LogP contribution in [0.25, 0.3) is 0 Å². The van der Waals surface area contributed by atoms with Gasteiger partial charge in [-0.3, -0.25) is 15.5 Å². The zero-order chi connectivity index (χ0) is 13.9. The quantitative estimate of drug-likeness (QED) is 0.508. The lowest BCUT2D eigenvalue weighted by molar-refractivity contribution is -0.384. The van der Waals surface area contributed by atoms with Gasteiger partial charge in [-0.25, -0.2) is 8.42 Å². The Kier molecular flexibility index (Phi) is 3.43. The van der Waals surface area contributed by atoms with Gasteiger partial charge in [0.05, 0.1) is 22.2 Å². The molecule has 0 bridgehead atoms. The van der Waals surface area contributed by atoms with Crippen LogP contribution in [-0.4, -0.2) is 19.6 Å². The highest BCUT2D eigenvalue weighted by atomic mass is 32.2. The molecule has 1 heterocycles. The Morgan fingerprint density at radius 2 is 1.95 bits per heavy atom. The molecule has 0 aliphatic carbocycles. The number of rotatable bonds is 4. The van der Waals surface area contributed by atoms with Crippen LogP contribution in [0, 0.1) is 10.1 Å². The normalized spacial score (nSPS) is 16.5. The Balaban J connectivity index is 2.00. The Labute approximate surface area is 109 Å². The minimum Gasteiger partial charge on any atom is -0.278 e. The second kappa shape index (κ2) is 5.02. The molecular weight excluding hydrogens is 270 g/mol. The van der Waals surface area contributed by atoms with E-state index < -0.39 is 14.8 Å². The average molecular weight is 279 g/mol. The fraction of sp³-hybridized carbons (Fsp3) is 0. The highest BCUT2D eigenvalue weighted by Crippen LogP contribution is 2.11. The number of nitrogens with one attached hydrogen (secondary N) is 1. The van der Waals surface area contributed by atoms with Gasteiger partial charge in [-0.2, -0.15) is 5.10 Å². The van der Waals surface area contributed by atoms with Crippen molar-refractivity contribution >= 4 is 21.7 Å². The van der Waals surface area contributed by atoms with E-state index in [9.17, 15) is 18.5 Å². The standard InChI is InChI=1S/C11H9N3O4S/c15-14(16)11-3-1-9(2-4-11)7-12-13-10-5-6-19(17,18)8-10/h1-8,13H/b12-7+. The first-order valence-corrected chi connectivity index (χ1v) is 6.76. The molecule has 1 aromatic carbocycles. The summed E-state index contributed by atoms with van der Waals surface area (Å²) >= 11 is 0. The number of benzene rings is 1. The zero-order valence-electron chi connectivity index (χ0n) is 9.55. The minimum absolute atomic E-state index is 0.00219. The molecule has 19 heavy (non-hydrogen) atoms. The van der Waals surface area contributed by atoms with Crippen LogP contribution in [0.5, 0.6) is 0 Å². The maximum absolute atomic E-state index is 11.1. The number of nitro benzene ring substituents is 1. The molecule has 0 unspecified atom stereocenters. The average Bonchev–Trinajstić information content (AvgIpc) is 2.69. The van der Waals surface area contributed by atoms with Crippen molar-refractivity contribution < 1.29 is 13.3 Å². The number of nitro groups is 1. The van der Waals surface area contributed by atoms with Crippen molar-refractivity contribution in [3.05, 3.63) is 62.5 Å². The Morgan fingerprint density at radius 3 is 2.47 bits per heavy atom. The monoisotopic (exact) mass is 279 g/mol. The van der Waals surface area contributed by atoms with E-state index in [0.717, 1.165) is 10.8 Å². The summed E-state index contributed by atoms with van der Waals surface area (Å²) in [7, 11) is -3.26. The third kappa shape index (κ3) is 3.49. The van der Waals surface area contributed by atoms with Crippen LogP contribution >= 0.6 is 0 Å². The maximum Gasteiger partial charge on any atom is 0.269 e. The lowest BCUT2D eigenvalue weighted by Gasteiger charge is -1.96. The molecule has 0 amide bonds. The molecule has 1 N–H and O–H groups in total. The van der Waals surface area contributed by atoms with Crippen molar-refractivity contribution in [1.82, 2.24) is 5.43 Å². The lowest BCUT2D eigenvalue weighted by atomic mass is 10.2. The summed E-state index contributed by atoms with van der Waals surface area (Å²) in [5.41, 5.74) is 3.57. The summed E-state index contributed by atoms with van der Waals surface area (Å²) in [6.45, 7) is 0. The lowest BCUT2D eigenvalue weighted by Crippen LogP contribution is -2.02. The Hall–Kier alpha value is -2.48. The first-order chi connectivity index (χ1) is 8.96. The van der Waals surface area contributed by atoms with Gasteiger partial charge in [-0.1, -0.05) is 0 Å². The third-order valence-corrected chi connectivity index (χ3v) is 3.34. The van der Waals surface area contributed by atoms with E-state index in [0.29, 0.717) is 11.3 Å². The molecule has 1 aliphatic rings. The molecule has 1 aliphatic heterocycles. The number of hydrogen-bond acceptors (Lipinski definition) is 6. The summed E-state index contributed by atoms with van der Waals surface area (Å²) in [5, 5.41) is 16.4. The second-order valence-electron chi connectivity index (χ2n) is 3.68. The van der Waals surface area contributed by atoms with Crippen molar-refractivity contribution in [2.45, 2.75) is 0 Å². The summed E-state index contributed by atoms with van der Waals surface area (Å²) < 4.78 is 22.1. The predicted octanol–water partition coefficient (Wildman–Crippen LogP) is 1.30. The van der Waals surface area contributed by atoms with Gasteiger partial charge in [0.2, 0.25) is 0 Å². The third-order valence-electron chi connectivity index (χ3n) is 2.24. The van der Waals surface area contributed by atoms with Crippen LogP contribution < -0.4 is 5.43 Å². The van der Waals surface area contributed by atoms with Gasteiger partial charge >= 0.3 is 0 Å². The molecule has 7 nitrogen and oxygen atoms in total. The van der Waals surface area contributed by atoms with Gasteiger partial charge < -0.3 is 0 Å². The van der Waals surface area contributed by atoms with Crippen molar-refractivity contribution in [2.75, 3.05) is 0 Å². The SMILES string of the molecule is O=[N+]([O-])c1ccc(/C=N/NC2=CS(=O)(=O)C=C2)cc1. The van der Waals surface area contributed by atoms with Crippen LogP contribution in [0.4, 0.5) is 5.69 Å². The first-order valence-electron chi connectivity index (χ1n) is 5.15. The van der Waals surface area contributed by atoms with E-state index in [4.69, 9.17) is 0 Å². The molecule has 0 aromatic heterocycles. The molecule has 0 atom stereocenters. The summed E-state index contributed by atoms with van der Waals surface area (Å²) in [4.78, 5) is 9.96. The molecule has 2 rings (SSSR count). The van der Waals surface area contributed by atoms with Crippen LogP contribution in [-0.2, 0) is 9.84 Å². The van der Waals surface area contributed by atoms with Crippen molar-refractivity contribution in [2.24, 2.45) is 5.10 Å². The van der Waals surface area contributed by atoms with Crippen LogP contribution in [0.3, 0.4) is 0 Å². The summed E-state index contributed by atoms with van der Waals surface area (Å²) in [6.07, 6.45) is 2.83. The van der Waals surface area contributed by atoms with Gasteiger partial charge in [0.1, 0.15) is 0 Å². The van der Waals surface area contributed by atoms with E-state index >= 15 is 0 Å². The number of non-ortho nitro benzene ring substituents is 1. The van der Waals surface area contributed by atoms with Crippen molar-refractivity contribution in [1.29, 1.82) is 0 Å². The fourth-order valence-corrected chi connectivity index (χ4v) is 2.25. The summed E-state index contributed by atoms with van der Waals surface area (Å²) in [6, 6.07) is 5.80. The predicted molar refractivity (Wildman–Crippen MR) is 70.0 cm³/mol. The highest BCUT2D eigenvalue weighted by Gasteiger charge is 2.09. The Bertz CT molecular complexity index is 687. The first kappa shape index (κ1) is 13.0. The number of allylic oxidation sites excluding steroid dienone is 1. The fourth-order valence-electron chi connectivity index (χ4n) is 1.35. The number of sulfone groups is 1. The van der Waals surface area contributed by atoms with Gasteiger partial charge in [0.25, 0.3) is 5.69 Å². The zero-order valence-corrected chi connectivity index (χ0v) is 10.4. The van der Waals surface area contributed by atoms with Gasteiger partial charge in [0, 0.05) is 17.5 Å². The molecule has 0 saturated carbocycles. The van der Waals surface area contributed by atoms with Gasteiger partial charge in [-0.15, -0.1) is 0 Å². The number of hydrazone groups is 1. The van der Waals surface area contributed by atoms with Crippen molar-refractivity contribution in [3.63, 3.8) is 0 Å². The maximum atomic E-state index is 11.1. The van der Waals surface area contributed by atoms with Crippen molar-refractivity contribution in [3.8, 4) is 0 Å². The van der Waals surface area contributed by atoms with E-state index in [-0.39, 0.29) is 5.69 Å². The minimum atomic E-state index is -3.26. The topological polar surface area (TPSA) is 102 Å². The molecule has 98 valence electrons. The largest absolute Gasteiger partial charge is 0.278 e. The van der Waals surface area contributed by atoms with Crippen LogP contribution in [0.15, 0.2) is 52.0 Å². The van der Waals surface area contributed by atoms with Gasteiger partial charge in [-0.05, 0) is 23.8 Å². The molecule has 0 radical (unpaired) electrons. The summed E-state index contributed by atoms with van der Waals surface area (Å²) in [5.74, 6) is 0. The molecule has 0 spiro atoms. The molecular formula is C11H9N3O4S. The number of nitrogens with zero attached hydrogens (tertiary/aromatic N) is 2.